The Kier molecular flexibility index (Phi) is 2.06. The number of carbonyl (C=O) groups is 1. The van der Waals surface area contributed by atoms with Crippen molar-refractivity contribution in [1.29, 1.82) is 0 Å². The van der Waals surface area contributed by atoms with E-state index in [0.29, 0.717) is 5.91 Å². The fourth-order valence-electron chi connectivity index (χ4n) is 3.15. The molecule has 0 aromatic heterocycles. The van der Waals surface area contributed by atoms with Gasteiger partial charge in [0.05, 0.1) is 11.7 Å². The molecule has 1 heterocycles. The highest BCUT2D eigenvalue weighted by Gasteiger charge is 2.51. The lowest BCUT2D eigenvalue weighted by Crippen LogP contribution is -2.44. The second-order valence-corrected chi connectivity index (χ2v) is 5.51. The topological polar surface area (TPSA) is 32.3 Å². The summed E-state index contributed by atoms with van der Waals surface area (Å²) in [4.78, 5) is 14.5. The Morgan fingerprint density at radius 3 is 2.67 bits per heavy atom. The third-order valence-electron chi connectivity index (χ3n) is 4.23. The first-order chi connectivity index (χ1) is 7.21. The van der Waals surface area contributed by atoms with Crippen molar-refractivity contribution in [1.82, 2.24) is 10.2 Å². The van der Waals surface area contributed by atoms with Crippen LogP contribution in [0.5, 0.6) is 0 Å². The Morgan fingerprint density at radius 1 is 1.40 bits per heavy atom. The second kappa shape index (κ2) is 3.21. The zero-order chi connectivity index (χ0) is 10.5. The molecule has 3 aliphatic rings. The summed E-state index contributed by atoms with van der Waals surface area (Å²) in [5, 5.41) is 3.54. The summed E-state index contributed by atoms with van der Waals surface area (Å²) in [5.74, 6) is 1.19. The molecule has 3 nitrogen and oxygen atoms in total. The van der Waals surface area contributed by atoms with Crippen LogP contribution in [0.1, 0.15) is 45.4 Å². The van der Waals surface area contributed by atoms with Crippen LogP contribution >= 0.6 is 0 Å². The second-order valence-electron chi connectivity index (χ2n) is 5.51. The number of amides is 1. The summed E-state index contributed by atoms with van der Waals surface area (Å²) in [5.41, 5.74) is -0.158. The fraction of sp³-hybridized carbons (Fsp3) is 0.917. The predicted molar refractivity (Wildman–Crippen MR) is 58.2 cm³/mol. The van der Waals surface area contributed by atoms with Crippen LogP contribution < -0.4 is 5.32 Å². The first-order valence-electron chi connectivity index (χ1n) is 6.30. The van der Waals surface area contributed by atoms with Crippen molar-refractivity contribution in [3.8, 4) is 0 Å². The molecule has 84 valence electrons. The first-order valence-corrected chi connectivity index (χ1v) is 6.30. The quantitative estimate of drug-likeness (QED) is 0.745. The maximum absolute atomic E-state index is 12.4. The number of nitrogens with zero attached hydrogens (tertiary/aromatic N) is 1. The molecule has 2 aliphatic carbocycles. The van der Waals surface area contributed by atoms with E-state index in [-0.39, 0.29) is 11.7 Å². The normalized spacial score (nSPS) is 34.3. The predicted octanol–water partition coefficient (Wildman–Crippen LogP) is 1.49. The zero-order valence-corrected chi connectivity index (χ0v) is 9.46. The van der Waals surface area contributed by atoms with Gasteiger partial charge in [-0.3, -0.25) is 10.1 Å². The Bertz CT molecular complexity index is 279. The molecule has 2 saturated carbocycles. The smallest absolute Gasteiger partial charge is 0.244 e. The van der Waals surface area contributed by atoms with Gasteiger partial charge in [-0.05, 0) is 38.5 Å². The maximum atomic E-state index is 12.4. The van der Waals surface area contributed by atoms with Crippen molar-refractivity contribution in [2.75, 3.05) is 6.54 Å². The highest BCUT2D eigenvalue weighted by atomic mass is 16.2. The van der Waals surface area contributed by atoms with Gasteiger partial charge in [-0.25, -0.2) is 0 Å². The fourth-order valence-corrected chi connectivity index (χ4v) is 3.15. The van der Waals surface area contributed by atoms with Crippen LogP contribution in [-0.2, 0) is 4.79 Å². The Labute approximate surface area is 91.2 Å². The molecule has 0 aromatic carbocycles. The monoisotopic (exact) mass is 208 g/mol. The van der Waals surface area contributed by atoms with Crippen LogP contribution in [0.15, 0.2) is 0 Å². The molecule has 1 N–H and O–H groups in total. The maximum Gasteiger partial charge on any atom is 0.244 e. The van der Waals surface area contributed by atoms with Gasteiger partial charge in [0.15, 0.2) is 0 Å². The van der Waals surface area contributed by atoms with E-state index in [9.17, 15) is 4.79 Å². The molecule has 1 spiro atoms. The number of hydrogen-bond donors (Lipinski definition) is 1. The summed E-state index contributed by atoms with van der Waals surface area (Å²) in [6.45, 7) is 3.13. The lowest BCUT2D eigenvalue weighted by Gasteiger charge is -2.21. The number of carbonyl (C=O) groups excluding carboxylic acids is 1. The van der Waals surface area contributed by atoms with E-state index < -0.39 is 0 Å². The van der Waals surface area contributed by atoms with E-state index in [1.807, 2.05) is 0 Å². The van der Waals surface area contributed by atoms with Crippen molar-refractivity contribution in [2.24, 2.45) is 5.92 Å². The first kappa shape index (κ1) is 9.64. The molecule has 0 aromatic rings. The molecule has 3 heteroatoms. The molecule has 1 unspecified atom stereocenters. The van der Waals surface area contributed by atoms with Crippen molar-refractivity contribution in [2.45, 2.75) is 57.2 Å². The van der Waals surface area contributed by atoms with Crippen LogP contribution in [0.2, 0.25) is 0 Å². The van der Waals surface area contributed by atoms with Gasteiger partial charge in [0.25, 0.3) is 0 Å². The van der Waals surface area contributed by atoms with Gasteiger partial charge in [-0.2, -0.15) is 0 Å². The Balaban J connectivity index is 1.76. The highest BCUT2D eigenvalue weighted by Crippen LogP contribution is 2.38. The van der Waals surface area contributed by atoms with Crippen molar-refractivity contribution in [3.05, 3.63) is 0 Å². The van der Waals surface area contributed by atoms with Gasteiger partial charge in [0.1, 0.15) is 0 Å². The van der Waals surface area contributed by atoms with Gasteiger partial charge < -0.3 is 4.90 Å². The van der Waals surface area contributed by atoms with E-state index in [0.717, 1.165) is 25.3 Å². The number of hydrogen-bond acceptors (Lipinski definition) is 2. The molecular weight excluding hydrogens is 188 g/mol. The van der Waals surface area contributed by atoms with E-state index in [4.69, 9.17) is 0 Å². The Hall–Kier alpha value is -0.570. The lowest BCUT2D eigenvalue weighted by molar-refractivity contribution is -0.133. The lowest BCUT2D eigenvalue weighted by atomic mass is 9.98. The minimum atomic E-state index is -0.158. The van der Waals surface area contributed by atoms with E-state index >= 15 is 0 Å². The molecule has 1 saturated heterocycles. The molecule has 15 heavy (non-hydrogen) atoms. The van der Waals surface area contributed by atoms with Crippen molar-refractivity contribution >= 4 is 5.91 Å². The van der Waals surface area contributed by atoms with Crippen molar-refractivity contribution in [3.63, 3.8) is 0 Å². The van der Waals surface area contributed by atoms with Gasteiger partial charge in [0.2, 0.25) is 5.91 Å². The van der Waals surface area contributed by atoms with Gasteiger partial charge in [0, 0.05) is 6.54 Å². The van der Waals surface area contributed by atoms with Crippen LogP contribution in [0, 0.1) is 5.92 Å². The summed E-state index contributed by atoms with van der Waals surface area (Å²) >= 11 is 0. The average molecular weight is 208 g/mol. The average Bonchev–Trinajstić information content (AvgIpc) is 2.87. The third kappa shape index (κ3) is 1.48. The third-order valence-corrected chi connectivity index (χ3v) is 4.23. The molecule has 3 fully saturated rings. The van der Waals surface area contributed by atoms with Crippen LogP contribution in [0.25, 0.3) is 0 Å². The van der Waals surface area contributed by atoms with E-state index in [2.05, 4.69) is 17.1 Å². The highest BCUT2D eigenvalue weighted by molar-refractivity contribution is 5.89. The minimum Gasteiger partial charge on any atom is -0.326 e. The molecule has 1 atom stereocenters. The summed E-state index contributed by atoms with van der Waals surface area (Å²) < 4.78 is 0. The van der Waals surface area contributed by atoms with Crippen molar-refractivity contribution < 1.29 is 4.79 Å². The number of nitrogens with one attached hydrogen (secondary N) is 1. The molecule has 3 rings (SSSR count). The molecule has 1 amide bonds. The summed E-state index contributed by atoms with van der Waals surface area (Å²) in [7, 11) is 0. The van der Waals surface area contributed by atoms with Gasteiger partial charge >= 0.3 is 0 Å². The summed E-state index contributed by atoms with van der Waals surface area (Å²) in [6.07, 6.45) is 7.43. The Morgan fingerprint density at radius 2 is 2.07 bits per heavy atom. The zero-order valence-electron chi connectivity index (χ0n) is 9.46. The largest absolute Gasteiger partial charge is 0.326 e. The molecule has 0 radical (unpaired) electrons. The molecular formula is C12H20N2O. The van der Waals surface area contributed by atoms with Crippen LogP contribution in [-0.4, -0.2) is 29.1 Å². The minimum absolute atomic E-state index is 0.158. The van der Waals surface area contributed by atoms with E-state index in [1.165, 1.54) is 25.7 Å². The standard InChI is InChI=1S/C12H20N2O/c1-9-13-12(6-2-3-7-12)11(15)14(9)8-10-4-5-10/h9-10,13H,2-8H2,1H3. The van der Waals surface area contributed by atoms with Gasteiger partial charge in [-0.15, -0.1) is 0 Å². The SMILES string of the molecule is CC1NC2(CCCC2)C(=O)N1CC1CC1. The summed E-state index contributed by atoms with van der Waals surface area (Å²) in [6, 6.07) is 0. The molecule has 1 aliphatic heterocycles. The van der Waals surface area contributed by atoms with Gasteiger partial charge in [-0.1, -0.05) is 12.8 Å². The van der Waals surface area contributed by atoms with Crippen LogP contribution in [0.3, 0.4) is 0 Å². The van der Waals surface area contributed by atoms with E-state index in [1.54, 1.807) is 0 Å². The van der Waals surface area contributed by atoms with Crippen LogP contribution in [0.4, 0.5) is 0 Å². The number of rotatable bonds is 2. The molecule has 0 bridgehead atoms.